The summed E-state index contributed by atoms with van der Waals surface area (Å²) in [6, 6.07) is 8.02. The van der Waals surface area contributed by atoms with E-state index in [1.54, 1.807) is 7.11 Å². The summed E-state index contributed by atoms with van der Waals surface area (Å²) in [6.45, 7) is 0. The van der Waals surface area contributed by atoms with Crippen molar-refractivity contribution in [2.24, 2.45) is 0 Å². The Morgan fingerprint density at radius 3 is 2.54 bits per heavy atom. The van der Waals surface area contributed by atoms with Crippen molar-refractivity contribution in [1.82, 2.24) is 0 Å². The molecular formula is C10H11BrO2. The van der Waals surface area contributed by atoms with Gasteiger partial charge in [0.05, 0.1) is 13.2 Å². The molecule has 0 amide bonds. The van der Waals surface area contributed by atoms with E-state index in [0.29, 0.717) is 6.10 Å². The number of benzene rings is 1. The first-order chi connectivity index (χ1) is 6.35. The molecule has 0 bridgehead atoms. The van der Waals surface area contributed by atoms with Crippen molar-refractivity contribution >= 4 is 15.9 Å². The molecule has 0 radical (unpaired) electrons. The van der Waals surface area contributed by atoms with E-state index < -0.39 is 0 Å². The Bertz CT molecular complexity index is 283. The molecule has 0 N–H and O–H groups in total. The summed E-state index contributed by atoms with van der Waals surface area (Å²) in [7, 11) is 1.67. The molecule has 2 unspecified atom stereocenters. The van der Waals surface area contributed by atoms with Crippen LogP contribution in [0, 0.1) is 0 Å². The van der Waals surface area contributed by atoms with E-state index in [1.165, 1.54) is 5.56 Å². The highest BCUT2D eigenvalue weighted by molar-refractivity contribution is 9.09. The zero-order chi connectivity index (χ0) is 9.26. The van der Waals surface area contributed by atoms with Gasteiger partial charge in [0.1, 0.15) is 11.9 Å². The fourth-order valence-electron chi connectivity index (χ4n) is 1.35. The zero-order valence-corrected chi connectivity index (χ0v) is 8.95. The number of ether oxygens (including phenoxy) is 2. The van der Waals surface area contributed by atoms with E-state index >= 15 is 0 Å². The fraction of sp³-hybridized carbons (Fsp3) is 0.400. The number of hydrogen-bond donors (Lipinski definition) is 0. The zero-order valence-electron chi connectivity index (χ0n) is 7.37. The van der Waals surface area contributed by atoms with Crippen LogP contribution in [0.1, 0.15) is 11.7 Å². The number of methoxy groups -OCH3 is 1. The molecule has 1 aromatic rings. The summed E-state index contributed by atoms with van der Waals surface area (Å²) in [4.78, 5) is 0. The van der Waals surface area contributed by atoms with E-state index in [-0.39, 0.29) is 6.10 Å². The van der Waals surface area contributed by atoms with Gasteiger partial charge in [0.25, 0.3) is 0 Å². The van der Waals surface area contributed by atoms with Crippen LogP contribution < -0.4 is 4.74 Å². The molecule has 1 aliphatic heterocycles. The average molecular weight is 243 g/mol. The lowest BCUT2D eigenvalue weighted by atomic mass is 10.1. The third-order valence-electron chi connectivity index (χ3n) is 2.18. The van der Waals surface area contributed by atoms with Gasteiger partial charge in [-0.1, -0.05) is 28.1 Å². The van der Waals surface area contributed by atoms with Crippen LogP contribution in [0.15, 0.2) is 24.3 Å². The predicted molar refractivity (Wildman–Crippen MR) is 54.4 cm³/mol. The lowest BCUT2D eigenvalue weighted by Gasteiger charge is -1.99. The second-order valence-electron chi connectivity index (χ2n) is 3.02. The van der Waals surface area contributed by atoms with Crippen LogP contribution >= 0.6 is 15.9 Å². The number of epoxide rings is 1. The third-order valence-corrected chi connectivity index (χ3v) is 2.82. The Hall–Kier alpha value is -0.540. The van der Waals surface area contributed by atoms with Crippen LogP contribution in [0.3, 0.4) is 0 Å². The lowest BCUT2D eigenvalue weighted by molar-refractivity contribution is 0.385. The monoisotopic (exact) mass is 242 g/mol. The molecule has 1 heterocycles. The Balaban J connectivity index is 2.07. The van der Waals surface area contributed by atoms with Gasteiger partial charge in [0.15, 0.2) is 0 Å². The van der Waals surface area contributed by atoms with Crippen LogP contribution in [-0.4, -0.2) is 18.5 Å². The predicted octanol–water partition coefficient (Wildman–Crippen LogP) is 2.53. The molecule has 0 aromatic heterocycles. The molecule has 1 fully saturated rings. The normalized spacial score (nSPS) is 25.7. The van der Waals surface area contributed by atoms with E-state index in [0.717, 1.165) is 11.1 Å². The summed E-state index contributed by atoms with van der Waals surface area (Å²) in [5, 5.41) is 0.906. The summed E-state index contributed by atoms with van der Waals surface area (Å²) >= 11 is 3.39. The number of rotatable bonds is 3. The molecule has 2 rings (SSSR count). The van der Waals surface area contributed by atoms with E-state index in [1.807, 2.05) is 24.3 Å². The third kappa shape index (κ3) is 1.86. The largest absolute Gasteiger partial charge is 0.497 e. The Morgan fingerprint density at radius 1 is 1.38 bits per heavy atom. The number of hydrogen-bond acceptors (Lipinski definition) is 2. The minimum Gasteiger partial charge on any atom is -0.497 e. The van der Waals surface area contributed by atoms with Gasteiger partial charge >= 0.3 is 0 Å². The molecule has 0 saturated carbocycles. The molecule has 2 atom stereocenters. The first kappa shape index (κ1) is 9.03. The van der Waals surface area contributed by atoms with Crippen LogP contribution in [0.25, 0.3) is 0 Å². The Kier molecular flexibility index (Phi) is 2.56. The number of alkyl halides is 1. The standard InChI is InChI=1S/C10H11BrO2/c1-12-8-4-2-7(3-5-8)10-9(6-11)13-10/h2-5,9-10H,6H2,1H3. The highest BCUT2D eigenvalue weighted by atomic mass is 79.9. The van der Waals surface area contributed by atoms with Crippen LogP contribution in [0.2, 0.25) is 0 Å². The molecule has 1 aromatic carbocycles. The van der Waals surface area contributed by atoms with Gasteiger partial charge in [0, 0.05) is 5.33 Å². The number of halogens is 1. The molecule has 70 valence electrons. The maximum atomic E-state index is 5.44. The smallest absolute Gasteiger partial charge is 0.118 e. The van der Waals surface area contributed by atoms with Crippen molar-refractivity contribution in [2.75, 3.05) is 12.4 Å². The van der Waals surface area contributed by atoms with Crippen molar-refractivity contribution in [1.29, 1.82) is 0 Å². The van der Waals surface area contributed by atoms with E-state index in [4.69, 9.17) is 9.47 Å². The Labute approximate surface area is 86.0 Å². The minimum atomic E-state index is 0.283. The first-order valence-electron chi connectivity index (χ1n) is 4.20. The summed E-state index contributed by atoms with van der Waals surface area (Å²) in [5.74, 6) is 0.889. The second kappa shape index (κ2) is 3.68. The lowest BCUT2D eigenvalue weighted by Crippen LogP contribution is -1.89. The molecule has 3 heteroatoms. The maximum absolute atomic E-state index is 5.44. The van der Waals surface area contributed by atoms with Gasteiger partial charge in [-0.2, -0.15) is 0 Å². The van der Waals surface area contributed by atoms with E-state index in [9.17, 15) is 0 Å². The SMILES string of the molecule is COc1ccc(C2OC2CBr)cc1. The van der Waals surface area contributed by atoms with E-state index in [2.05, 4.69) is 15.9 Å². The topological polar surface area (TPSA) is 21.8 Å². The molecule has 0 spiro atoms. The minimum absolute atomic E-state index is 0.283. The van der Waals surface area contributed by atoms with Gasteiger partial charge in [-0.3, -0.25) is 0 Å². The average Bonchev–Trinajstić information content (AvgIpc) is 2.97. The molecule has 1 saturated heterocycles. The fourth-order valence-corrected chi connectivity index (χ4v) is 1.84. The molecular weight excluding hydrogens is 232 g/mol. The second-order valence-corrected chi connectivity index (χ2v) is 3.67. The maximum Gasteiger partial charge on any atom is 0.118 e. The quantitative estimate of drug-likeness (QED) is 0.601. The van der Waals surface area contributed by atoms with Crippen molar-refractivity contribution in [3.63, 3.8) is 0 Å². The molecule has 0 aliphatic carbocycles. The first-order valence-corrected chi connectivity index (χ1v) is 5.32. The summed E-state index contributed by atoms with van der Waals surface area (Å²) in [5.41, 5.74) is 1.23. The summed E-state index contributed by atoms with van der Waals surface area (Å²) in [6.07, 6.45) is 0.638. The van der Waals surface area contributed by atoms with Crippen molar-refractivity contribution in [3.8, 4) is 5.75 Å². The molecule has 2 nitrogen and oxygen atoms in total. The van der Waals surface area contributed by atoms with Crippen LogP contribution in [0.4, 0.5) is 0 Å². The Morgan fingerprint density at radius 2 is 2.08 bits per heavy atom. The van der Waals surface area contributed by atoms with Crippen molar-refractivity contribution in [2.45, 2.75) is 12.2 Å². The molecule has 13 heavy (non-hydrogen) atoms. The van der Waals surface area contributed by atoms with Gasteiger partial charge in [-0.25, -0.2) is 0 Å². The molecule has 1 aliphatic rings. The van der Waals surface area contributed by atoms with Crippen LogP contribution in [0.5, 0.6) is 5.75 Å². The van der Waals surface area contributed by atoms with Gasteiger partial charge in [0.2, 0.25) is 0 Å². The van der Waals surface area contributed by atoms with Crippen molar-refractivity contribution in [3.05, 3.63) is 29.8 Å². The summed E-state index contributed by atoms with van der Waals surface area (Å²) < 4.78 is 10.5. The van der Waals surface area contributed by atoms with Gasteiger partial charge in [-0.15, -0.1) is 0 Å². The van der Waals surface area contributed by atoms with Gasteiger partial charge in [-0.05, 0) is 17.7 Å². The van der Waals surface area contributed by atoms with Gasteiger partial charge < -0.3 is 9.47 Å². The van der Waals surface area contributed by atoms with Crippen molar-refractivity contribution < 1.29 is 9.47 Å². The highest BCUT2D eigenvalue weighted by Gasteiger charge is 2.38. The van der Waals surface area contributed by atoms with Crippen LogP contribution in [-0.2, 0) is 4.74 Å². The highest BCUT2D eigenvalue weighted by Crippen LogP contribution is 2.39.